The van der Waals surface area contributed by atoms with Crippen LogP contribution in [-0.4, -0.2) is 68.4 Å². The van der Waals surface area contributed by atoms with Gasteiger partial charge in [-0.15, -0.1) is 24.8 Å². The highest BCUT2D eigenvalue weighted by atomic mass is 35.5. The summed E-state index contributed by atoms with van der Waals surface area (Å²) < 4.78 is 10.9. The summed E-state index contributed by atoms with van der Waals surface area (Å²) >= 11 is 0. The molecule has 2 fully saturated rings. The normalized spacial score (nSPS) is 29.3. The lowest BCUT2D eigenvalue weighted by Gasteiger charge is -2.33. The van der Waals surface area contributed by atoms with Gasteiger partial charge in [0.2, 0.25) is 5.91 Å². The molecular weight excluding hydrogens is 317 g/mol. The van der Waals surface area contributed by atoms with Crippen molar-refractivity contribution in [1.82, 2.24) is 10.2 Å². The molecule has 126 valence electrons. The Kier molecular flexibility index (Phi) is 10.5. The van der Waals surface area contributed by atoms with Gasteiger partial charge in [0, 0.05) is 32.2 Å². The Balaban J connectivity index is 0.00000200. The second-order valence-electron chi connectivity index (χ2n) is 5.31. The number of nitrogens with two attached hydrogens (primary N) is 1. The molecule has 6 nitrogen and oxygen atoms in total. The third kappa shape index (κ3) is 6.26. The minimum atomic E-state index is -0.310. The maximum absolute atomic E-state index is 11.9. The number of morpholine rings is 1. The molecule has 8 heteroatoms. The van der Waals surface area contributed by atoms with Crippen molar-refractivity contribution in [3.63, 3.8) is 0 Å². The van der Waals surface area contributed by atoms with Crippen molar-refractivity contribution in [3.05, 3.63) is 0 Å². The molecule has 0 spiro atoms. The summed E-state index contributed by atoms with van der Waals surface area (Å²) in [6, 6.07) is 0.426. The number of halogens is 2. The Morgan fingerprint density at radius 1 is 1.38 bits per heavy atom. The number of hydrogen-bond donors (Lipinski definition) is 2. The second-order valence-corrected chi connectivity index (χ2v) is 5.31. The minimum Gasteiger partial charge on any atom is -0.379 e. The molecule has 2 aliphatic rings. The van der Waals surface area contributed by atoms with Crippen molar-refractivity contribution in [2.24, 2.45) is 5.73 Å². The monoisotopic (exact) mass is 343 g/mol. The van der Waals surface area contributed by atoms with Crippen LogP contribution in [-0.2, 0) is 14.3 Å². The molecule has 21 heavy (non-hydrogen) atoms. The number of ether oxygens (including phenoxy) is 2. The Morgan fingerprint density at radius 3 is 2.76 bits per heavy atom. The van der Waals surface area contributed by atoms with Crippen LogP contribution in [0.3, 0.4) is 0 Å². The third-order valence-corrected chi connectivity index (χ3v) is 3.87. The summed E-state index contributed by atoms with van der Waals surface area (Å²) in [5.74, 6) is -0.00291. The van der Waals surface area contributed by atoms with Gasteiger partial charge in [-0.25, -0.2) is 0 Å². The van der Waals surface area contributed by atoms with E-state index in [-0.39, 0.29) is 42.9 Å². The van der Waals surface area contributed by atoms with Crippen LogP contribution < -0.4 is 11.1 Å². The highest BCUT2D eigenvalue weighted by Gasteiger charge is 2.29. The number of rotatable bonds is 5. The molecular formula is C13H27Cl2N3O3. The molecule has 3 atom stereocenters. The fourth-order valence-electron chi connectivity index (χ4n) is 2.60. The number of nitrogens with one attached hydrogen (secondary N) is 1. The lowest BCUT2D eigenvalue weighted by molar-refractivity contribution is -0.131. The van der Waals surface area contributed by atoms with Gasteiger partial charge in [-0.2, -0.15) is 0 Å². The van der Waals surface area contributed by atoms with Gasteiger partial charge in [0.15, 0.2) is 0 Å². The molecule has 0 aromatic rings. The molecule has 0 aromatic carbocycles. The van der Waals surface area contributed by atoms with E-state index in [1.165, 1.54) is 0 Å². The first-order valence-corrected chi connectivity index (χ1v) is 7.15. The van der Waals surface area contributed by atoms with Gasteiger partial charge in [0.1, 0.15) is 6.10 Å². The molecule has 0 aromatic heterocycles. The summed E-state index contributed by atoms with van der Waals surface area (Å²) in [4.78, 5) is 14.2. The quantitative estimate of drug-likeness (QED) is 0.744. The molecule has 2 rings (SSSR count). The van der Waals surface area contributed by atoms with Gasteiger partial charge in [0.05, 0.1) is 19.3 Å². The zero-order valence-corrected chi connectivity index (χ0v) is 14.1. The van der Waals surface area contributed by atoms with E-state index >= 15 is 0 Å². The summed E-state index contributed by atoms with van der Waals surface area (Å²) in [7, 11) is 0. The summed E-state index contributed by atoms with van der Waals surface area (Å²) in [5, 5.41) is 2.95. The van der Waals surface area contributed by atoms with Gasteiger partial charge in [-0.1, -0.05) is 0 Å². The van der Waals surface area contributed by atoms with E-state index in [0.717, 1.165) is 39.1 Å². The fraction of sp³-hybridized carbons (Fsp3) is 0.923. The van der Waals surface area contributed by atoms with Gasteiger partial charge < -0.3 is 20.5 Å². The average Bonchev–Trinajstić information content (AvgIpc) is 2.90. The van der Waals surface area contributed by atoms with Crippen molar-refractivity contribution < 1.29 is 14.3 Å². The Hall–Kier alpha value is -0.110. The van der Waals surface area contributed by atoms with Crippen molar-refractivity contribution in [2.75, 3.05) is 39.4 Å². The number of amides is 1. The smallest absolute Gasteiger partial charge is 0.249 e. The zero-order chi connectivity index (χ0) is 13.7. The van der Waals surface area contributed by atoms with E-state index < -0.39 is 0 Å². The maximum atomic E-state index is 11.9. The van der Waals surface area contributed by atoms with E-state index in [0.29, 0.717) is 19.1 Å². The summed E-state index contributed by atoms with van der Waals surface area (Å²) in [6.07, 6.45) is 1.40. The van der Waals surface area contributed by atoms with Crippen LogP contribution in [0.5, 0.6) is 0 Å². The lowest BCUT2D eigenvalue weighted by atomic mass is 10.2. The Morgan fingerprint density at radius 2 is 2.14 bits per heavy atom. The molecule has 0 bridgehead atoms. The molecule has 3 N–H and O–H groups in total. The van der Waals surface area contributed by atoms with Gasteiger partial charge >= 0.3 is 0 Å². The molecule has 0 saturated carbocycles. The van der Waals surface area contributed by atoms with E-state index in [2.05, 4.69) is 17.1 Å². The zero-order valence-electron chi connectivity index (χ0n) is 12.5. The molecule has 2 heterocycles. The van der Waals surface area contributed by atoms with Crippen LogP contribution >= 0.6 is 24.8 Å². The largest absolute Gasteiger partial charge is 0.379 e. The number of carbonyl (C=O) groups excluding carboxylic acids is 1. The number of hydrogen-bond acceptors (Lipinski definition) is 5. The maximum Gasteiger partial charge on any atom is 0.249 e. The highest BCUT2D eigenvalue weighted by molar-refractivity contribution is 5.85. The number of nitrogens with zero attached hydrogens (tertiary/aromatic N) is 1. The molecule has 2 aliphatic heterocycles. The minimum absolute atomic E-state index is 0. The third-order valence-electron chi connectivity index (χ3n) is 3.87. The first-order chi connectivity index (χ1) is 9.20. The van der Waals surface area contributed by atoms with Crippen molar-refractivity contribution in [1.29, 1.82) is 0 Å². The van der Waals surface area contributed by atoms with Gasteiger partial charge in [0.25, 0.3) is 0 Å². The average molecular weight is 344 g/mol. The molecule has 0 aliphatic carbocycles. The predicted molar refractivity (Wildman–Crippen MR) is 86.3 cm³/mol. The fourth-order valence-corrected chi connectivity index (χ4v) is 2.60. The standard InChI is InChI=1S/C13H25N3O3.2ClH/c1-10-9-18-7-6-16(10)5-4-15-13(17)12-3-2-11(8-14)19-12;;/h10-12H,2-9,14H2,1H3,(H,15,17);2*1H/t10?,11-,12+;;/m1../s1. The van der Waals surface area contributed by atoms with Crippen LogP contribution in [0.2, 0.25) is 0 Å². The van der Waals surface area contributed by atoms with Crippen molar-refractivity contribution >= 4 is 30.7 Å². The highest BCUT2D eigenvalue weighted by Crippen LogP contribution is 2.18. The van der Waals surface area contributed by atoms with Crippen molar-refractivity contribution in [3.8, 4) is 0 Å². The van der Waals surface area contributed by atoms with Crippen molar-refractivity contribution in [2.45, 2.75) is 38.0 Å². The predicted octanol–water partition coefficient (Wildman–Crippen LogP) is 0.173. The lowest BCUT2D eigenvalue weighted by Crippen LogP contribution is -2.47. The Bertz CT molecular complexity index is 310. The first-order valence-electron chi connectivity index (χ1n) is 7.15. The first kappa shape index (κ1) is 20.9. The topological polar surface area (TPSA) is 76.8 Å². The molecule has 2 saturated heterocycles. The van der Waals surface area contributed by atoms with Crippen LogP contribution in [0.1, 0.15) is 19.8 Å². The van der Waals surface area contributed by atoms with E-state index in [1.54, 1.807) is 0 Å². The Labute approximate surface area is 138 Å². The summed E-state index contributed by atoms with van der Waals surface area (Å²) in [5.41, 5.74) is 5.53. The van der Waals surface area contributed by atoms with E-state index in [9.17, 15) is 4.79 Å². The van der Waals surface area contributed by atoms with Crippen LogP contribution in [0, 0.1) is 0 Å². The summed E-state index contributed by atoms with van der Waals surface area (Å²) in [6.45, 7) is 6.66. The van der Waals surface area contributed by atoms with Crippen LogP contribution in [0.25, 0.3) is 0 Å². The SMILES string of the molecule is CC1COCCN1CCNC(=O)[C@@H]1CC[C@H](CN)O1.Cl.Cl. The van der Waals surface area contributed by atoms with E-state index in [1.807, 2.05) is 0 Å². The second kappa shape index (κ2) is 10.6. The number of carbonyl (C=O) groups is 1. The molecule has 0 radical (unpaired) electrons. The molecule has 1 unspecified atom stereocenters. The van der Waals surface area contributed by atoms with Gasteiger partial charge in [-0.05, 0) is 19.8 Å². The van der Waals surface area contributed by atoms with Crippen LogP contribution in [0.4, 0.5) is 0 Å². The van der Waals surface area contributed by atoms with E-state index in [4.69, 9.17) is 15.2 Å². The molecule has 1 amide bonds. The van der Waals surface area contributed by atoms with Gasteiger partial charge in [-0.3, -0.25) is 9.69 Å². The van der Waals surface area contributed by atoms with Crippen LogP contribution in [0.15, 0.2) is 0 Å².